The summed E-state index contributed by atoms with van der Waals surface area (Å²) in [6, 6.07) is 11.8. The van der Waals surface area contributed by atoms with Gasteiger partial charge in [0.2, 0.25) is 5.91 Å². The van der Waals surface area contributed by atoms with Crippen LogP contribution in [0.2, 0.25) is 0 Å². The van der Waals surface area contributed by atoms with Gasteiger partial charge in [0.1, 0.15) is 11.6 Å². The van der Waals surface area contributed by atoms with Gasteiger partial charge in [-0.05, 0) is 43.5 Å². The minimum absolute atomic E-state index is 0.0405. The van der Waals surface area contributed by atoms with Crippen LogP contribution in [0.4, 0.5) is 14.5 Å². The van der Waals surface area contributed by atoms with Gasteiger partial charge in [0.25, 0.3) is 11.8 Å². The summed E-state index contributed by atoms with van der Waals surface area (Å²) in [5.41, 5.74) is 0.436. The van der Waals surface area contributed by atoms with Crippen molar-refractivity contribution in [1.29, 1.82) is 0 Å². The van der Waals surface area contributed by atoms with Gasteiger partial charge >= 0.3 is 5.97 Å². The Labute approximate surface area is 201 Å². The van der Waals surface area contributed by atoms with Crippen LogP contribution < -0.4 is 10.6 Å². The van der Waals surface area contributed by atoms with Gasteiger partial charge < -0.3 is 20.3 Å². The van der Waals surface area contributed by atoms with E-state index < -0.39 is 30.1 Å². The number of halogens is 2. The molecule has 2 N–H and O–H groups in total. The summed E-state index contributed by atoms with van der Waals surface area (Å²) in [6.45, 7) is 0.481. The van der Waals surface area contributed by atoms with E-state index in [0.29, 0.717) is 32.0 Å². The number of nitrogens with zero attached hydrogens (tertiary/aromatic N) is 1. The van der Waals surface area contributed by atoms with Crippen LogP contribution in [0.3, 0.4) is 0 Å². The minimum Gasteiger partial charge on any atom is -0.456 e. The molecule has 0 aliphatic carbocycles. The van der Waals surface area contributed by atoms with Gasteiger partial charge in [0, 0.05) is 43.7 Å². The predicted octanol–water partition coefficient (Wildman–Crippen LogP) is 2.90. The van der Waals surface area contributed by atoms with Gasteiger partial charge in [-0.15, -0.1) is 0 Å². The number of nitrogens with one attached hydrogen (secondary N) is 2. The number of rotatable bonds is 9. The lowest BCUT2D eigenvalue weighted by Gasteiger charge is -2.31. The molecule has 1 aliphatic heterocycles. The maximum Gasteiger partial charge on any atom is 0.306 e. The van der Waals surface area contributed by atoms with Gasteiger partial charge in [0.15, 0.2) is 6.61 Å². The van der Waals surface area contributed by atoms with Crippen LogP contribution in [-0.4, -0.2) is 54.8 Å². The number of amides is 3. The average molecular weight is 488 g/mol. The number of carbonyl (C=O) groups excluding carboxylic acids is 4. The molecule has 1 heterocycles. The highest BCUT2D eigenvalue weighted by Crippen LogP contribution is 2.19. The zero-order valence-corrected chi connectivity index (χ0v) is 19.1. The first-order chi connectivity index (χ1) is 16.8. The summed E-state index contributed by atoms with van der Waals surface area (Å²) in [6.07, 6.45) is 1.23. The molecule has 0 bridgehead atoms. The Kier molecular flexibility index (Phi) is 9.28. The lowest BCUT2D eigenvalue weighted by molar-refractivity contribution is -0.152. The molecule has 0 atom stereocenters. The Balaban J connectivity index is 1.29. The summed E-state index contributed by atoms with van der Waals surface area (Å²) in [5.74, 6) is -3.68. The number of anilines is 1. The third-order valence-corrected chi connectivity index (χ3v) is 5.64. The molecular weight excluding hydrogens is 460 g/mol. The number of para-hydroxylation sites is 1. The number of hydrogen-bond acceptors (Lipinski definition) is 5. The van der Waals surface area contributed by atoms with Gasteiger partial charge in [-0.3, -0.25) is 19.2 Å². The lowest BCUT2D eigenvalue weighted by atomic mass is 9.95. The maximum atomic E-state index is 13.6. The Hall–Kier alpha value is -3.82. The third-order valence-electron chi connectivity index (χ3n) is 5.64. The fourth-order valence-corrected chi connectivity index (χ4v) is 3.67. The molecule has 3 rings (SSSR count). The predicted molar refractivity (Wildman–Crippen MR) is 123 cm³/mol. The highest BCUT2D eigenvalue weighted by molar-refractivity contribution is 5.94. The Morgan fingerprint density at radius 3 is 2.40 bits per heavy atom. The summed E-state index contributed by atoms with van der Waals surface area (Å²) in [5, 5.41) is 5.31. The average Bonchev–Trinajstić information content (AvgIpc) is 2.85. The number of ether oxygens (including phenoxy) is 1. The van der Waals surface area contributed by atoms with Crippen molar-refractivity contribution in [3.63, 3.8) is 0 Å². The molecule has 1 aliphatic rings. The van der Waals surface area contributed by atoms with Crippen LogP contribution >= 0.6 is 0 Å². The molecule has 0 saturated carbocycles. The second kappa shape index (κ2) is 12.6. The SMILES string of the molecule is O=C(CCCNC(=O)c1ccc(F)cc1F)OCC(=O)N1CCC(C(=O)Nc2ccccc2)CC1. The number of likely N-dealkylation sites (tertiary alicyclic amines) is 1. The lowest BCUT2D eigenvalue weighted by Crippen LogP contribution is -2.43. The van der Waals surface area contributed by atoms with E-state index in [4.69, 9.17) is 4.74 Å². The van der Waals surface area contributed by atoms with Crippen LogP contribution in [0.1, 0.15) is 36.0 Å². The number of carbonyl (C=O) groups is 4. The zero-order valence-electron chi connectivity index (χ0n) is 19.1. The highest BCUT2D eigenvalue weighted by Gasteiger charge is 2.27. The van der Waals surface area contributed by atoms with E-state index in [1.807, 2.05) is 30.3 Å². The van der Waals surface area contributed by atoms with E-state index in [1.54, 1.807) is 4.90 Å². The second-order valence-corrected chi connectivity index (χ2v) is 8.15. The molecule has 1 fully saturated rings. The van der Waals surface area contributed by atoms with Gasteiger partial charge in [-0.2, -0.15) is 0 Å². The Morgan fingerprint density at radius 1 is 1.00 bits per heavy atom. The standard InChI is InChI=1S/C25H27F2N3O5/c26-18-8-9-20(21(27)15-18)25(34)28-12-4-7-23(32)35-16-22(31)30-13-10-17(11-14-30)24(33)29-19-5-2-1-3-6-19/h1-3,5-6,8-9,15,17H,4,7,10-14,16H2,(H,28,34)(H,29,33). The van der Waals surface area contributed by atoms with E-state index in [2.05, 4.69) is 10.6 Å². The number of piperidine rings is 1. The van der Waals surface area contributed by atoms with Crippen molar-refractivity contribution in [2.45, 2.75) is 25.7 Å². The second-order valence-electron chi connectivity index (χ2n) is 8.15. The van der Waals surface area contributed by atoms with E-state index in [9.17, 15) is 28.0 Å². The molecule has 2 aromatic carbocycles. The summed E-state index contributed by atoms with van der Waals surface area (Å²) >= 11 is 0. The van der Waals surface area contributed by atoms with Gasteiger partial charge in [-0.1, -0.05) is 18.2 Å². The van der Waals surface area contributed by atoms with E-state index in [-0.39, 0.29) is 42.7 Å². The van der Waals surface area contributed by atoms with Crippen molar-refractivity contribution >= 4 is 29.4 Å². The van der Waals surface area contributed by atoms with Crippen molar-refractivity contribution in [2.24, 2.45) is 5.92 Å². The van der Waals surface area contributed by atoms with Crippen molar-refractivity contribution in [3.8, 4) is 0 Å². The van der Waals surface area contributed by atoms with Crippen LogP contribution in [-0.2, 0) is 19.1 Å². The molecule has 1 saturated heterocycles. The van der Waals surface area contributed by atoms with Gasteiger partial charge in [-0.25, -0.2) is 8.78 Å². The van der Waals surface area contributed by atoms with Crippen molar-refractivity contribution < 1.29 is 32.7 Å². The normalized spacial score (nSPS) is 13.7. The zero-order chi connectivity index (χ0) is 25.2. The molecule has 186 valence electrons. The molecule has 2 aromatic rings. The van der Waals surface area contributed by atoms with Gasteiger partial charge in [0.05, 0.1) is 5.56 Å². The maximum absolute atomic E-state index is 13.6. The Bertz CT molecular complexity index is 1060. The fraction of sp³-hybridized carbons (Fsp3) is 0.360. The Morgan fingerprint density at radius 2 is 1.71 bits per heavy atom. The van der Waals surface area contributed by atoms with Crippen LogP contribution in [0.25, 0.3) is 0 Å². The molecule has 0 radical (unpaired) electrons. The smallest absolute Gasteiger partial charge is 0.306 e. The molecule has 0 aromatic heterocycles. The molecule has 8 nitrogen and oxygen atoms in total. The topological polar surface area (TPSA) is 105 Å². The van der Waals surface area contributed by atoms with E-state index in [1.165, 1.54) is 0 Å². The summed E-state index contributed by atoms with van der Waals surface area (Å²) in [7, 11) is 0. The largest absolute Gasteiger partial charge is 0.456 e. The molecule has 10 heteroatoms. The van der Waals surface area contributed by atoms with E-state index >= 15 is 0 Å². The third kappa shape index (κ3) is 7.87. The summed E-state index contributed by atoms with van der Waals surface area (Å²) < 4.78 is 31.5. The minimum atomic E-state index is -0.971. The first-order valence-corrected chi connectivity index (χ1v) is 11.4. The number of hydrogen-bond donors (Lipinski definition) is 2. The molecule has 35 heavy (non-hydrogen) atoms. The fourth-order valence-electron chi connectivity index (χ4n) is 3.67. The number of esters is 1. The first-order valence-electron chi connectivity index (χ1n) is 11.4. The number of benzene rings is 2. The summed E-state index contributed by atoms with van der Waals surface area (Å²) in [4.78, 5) is 50.1. The van der Waals surface area contributed by atoms with Crippen LogP contribution in [0.15, 0.2) is 48.5 Å². The molecule has 0 unspecified atom stereocenters. The van der Waals surface area contributed by atoms with Crippen molar-refractivity contribution in [2.75, 3.05) is 31.6 Å². The van der Waals surface area contributed by atoms with Crippen molar-refractivity contribution in [1.82, 2.24) is 10.2 Å². The molecular formula is C25H27F2N3O5. The quantitative estimate of drug-likeness (QED) is 0.418. The van der Waals surface area contributed by atoms with Crippen LogP contribution in [0.5, 0.6) is 0 Å². The molecule has 3 amide bonds. The van der Waals surface area contributed by atoms with E-state index in [0.717, 1.165) is 17.8 Å². The first kappa shape index (κ1) is 25.8. The highest BCUT2D eigenvalue weighted by atomic mass is 19.1. The monoisotopic (exact) mass is 487 g/mol. The van der Waals surface area contributed by atoms with Crippen molar-refractivity contribution in [3.05, 3.63) is 65.7 Å². The van der Waals surface area contributed by atoms with Crippen LogP contribution in [0, 0.1) is 17.6 Å². The molecule has 0 spiro atoms.